The minimum Gasteiger partial charge on any atom is -0.348 e. The second-order valence-corrected chi connectivity index (χ2v) is 3.18. The molecule has 2 nitrogen and oxygen atoms in total. The normalized spacial score (nSPS) is 20.8. The number of H-pyrrole nitrogens is 1. The molecule has 0 saturated heterocycles. The molecule has 0 saturated carbocycles. The molecule has 0 aliphatic heterocycles. The summed E-state index contributed by atoms with van der Waals surface area (Å²) in [5.41, 5.74) is 2.65. The summed E-state index contributed by atoms with van der Waals surface area (Å²) in [5.74, 6) is 0.841. The molecule has 1 heterocycles. The molecule has 0 fully saturated rings. The third-order valence-corrected chi connectivity index (χ3v) is 2.23. The highest BCUT2D eigenvalue weighted by molar-refractivity contribution is 5.14. The number of hydrogen-bond donors (Lipinski definition) is 1. The van der Waals surface area contributed by atoms with Gasteiger partial charge in [0.05, 0.1) is 12.0 Å². The smallest absolute Gasteiger partial charge is 0.0925 e. The van der Waals surface area contributed by atoms with Crippen LogP contribution in [0.15, 0.2) is 6.33 Å². The highest BCUT2D eigenvalue weighted by atomic mass is 14.9. The van der Waals surface area contributed by atoms with Crippen LogP contribution >= 0.6 is 0 Å². The number of imidazole rings is 1. The summed E-state index contributed by atoms with van der Waals surface area (Å²) < 4.78 is 0. The molecule has 0 aromatic carbocycles. The highest BCUT2D eigenvalue weighted by Gasteiger charge is 2.15. The van der Waals surface area contributed by atoms with Gasteiger partial charge in [-0.1, -0.05) is 20.8 Å². The summed E-state index contributed by atoms with van der Waals surface area (Å²) in [7, 11) is 0. The largest absolute Gasteiger partial charge is 0.348 e. The molecule has 2 heteroatoms. The van der Waals surface area contributed by atoms with E-state index in [0.717, 1.165) is 5.92 Å². The van der Waals surface area contributed by atoms with Gasteiger partial charge in [-0.05, 0) is 25.2 Å². The molecule has 1 atom stereocenters. The molecule has 1 aromatic rings. The summed E-state index contributed by atoms with van der Waals surface area (Å²) in [6, 6.07) is 0. The Morgan fingerprint density at radius 3 is 3.00 bits per heavy atom. The Hall–Kier alpha value is -0.790. The molecule has 1 aliphatic rings. The van der Waals surface area contributed by atoms with Gasteiger partial charge in [-0.15, -0.1) is 0 Å². The molecule has 1 N–H and O–H groups in total. The lowest BCUT2D eigenvalue weighted by Crippen LogP contribution is -2.10. The van der Waals surface area contributed by atoms with Crippen LogP contribution in [0.25, 0.3) is 0 Å². The number of fused-ring (bicyclic) bond motifs is 1. The molecule has 0 radical (unpaired) electrons. The number of nitrogens with zero attached hydrogens (tertiary/aromatic N) is 1. The topological polar surface area (TPSA) is 28.7 Å². The zero-order chi connectivity index (χ0) is 8.97. The lowest BCUT2D eigenvalue weighted by Gasteiger charge is -2.15. The van der Waals surface area contributed by atoms with Gasteiger partial charge in [-0.25, -0.2) is 4.98 Å². The molecule has 2 rings (SSSR count). The lowest BCUT2D eigenvalue weighted by atomic mass is 9.92. The van der Waals surface area contributed by atoms with Crippen molar-refractivity contribution in [3.63, 3.8) is 0 Å². The van der Waals surface area contributed by atoms with Crippen LogP contribution in [0.1, 0.15) is 38.6 Å². The minimum atomic E-state index is 0.841. The van der Waals surface area contributed by atoms with Crippen molar-refractivity contribution >= 4 is 0 Å². The van der Waals surface area contributed by atoms with Gasteiger partial charge in [0.1, 0.15) is 0 Å². The fraction of sp³-hybridized carbons (Fsp3) is 0.700. The van der Waals surface area contributed by atoms with Crippen LogP contribution in [0, 0.1) is 5.92 Å². The Morgan fingerprint density at radius 2 is 2.25 bits per heavy atom. The van der Waals surface area contributed by atoms with Gasteiger partial charge in [0, 0.05) is 5.69 Å². The summed E-state index contributed by atoms with van der Waals surface area (Å²) in [6.07, 6.45) is 5.47. The van der Waals surface area contributed by atoms with Gasteiger partial charge in [-0.2, -0.15) is 0 Å². The van der Waals surface area contributed by atoms with Crippen LogP contribution in [0.4, 0.5) is 0 Å². The molecule has 12 heavy (non-hydrogen) atoms. The van der Waals surface area contributed by atoms with E-state index in [2.05, 4.69) is 16.9 Å². The number of aromatic nitrogens is 2. The number of nitrogens with one attached hydrogen (secondary N) is 1. The lowest BCUT2D eigenvalue weighted by molar-refractivity contribution is 0.492. The van der Waals surface area contributed by atoms with E-state index in [1.54, 1.807) is 0 Å². The summed E-state index contributed by atoms with van der Waals surface area (Å²) in [4.78, 5) is 7.41. The average Bonchev–Trinajstić information content (AvgIpc) is 2.54. The zero-order valence-electron chi connectivity index (χ0n) is 8.22. The first-order chi connectivity index (χ1) is 5.86. The monoisotopic (exact) mass is 166 g/mol. The van der Waals surface area contributed by atoms with Crippen molar-refractivity contribution in [1.82, 2.24) is 9.97 Å². The average molecular weight is 166 g/mol. The zero-order valence-corrected chi connectivity index (χ0v) is 8.22. The van der Waals surface area contributed by atoms with Crippen LogP contribution in [-0.2, 0) is 12.8 Å². The minimum absolute atomic E-state index is 0.841. The fourth-order valence-corrected chi connectivity index (χ4v) is 1.58. The van der Waals surface area contributed by atoms with E-state index in [0.29, 0.717) is 0 Å². The Kier molecular flexibility index (Phi) is 3.32. The van der Waals surface area contributed by atoms with Crippen molar-refractivity contribution < 1.29 is 0 Å². The van der Waals surface area contributed by atoms with Gasteiger partial charge in [0.25, 0.3) is 0 Å². The van der Waals surface area contributed by atoms with E-state index in [4.69, 9.17) is 0 Å². The molecule has 0 spiro atoms. The van der Waals surface area contributed by atoms with E-state index in [1.165, 1.54) is 30.7 Å². The summed E-state index contributed by atoms with van der Waals surface area (Å²) in [5, 5.41) is 0. The number of aromatic amines is 1. The van der Waals surface area contributed by atoms with Crippen molar-refractivity contribution in [3.05, 3.63) is 17.7 Å². The fourth-order valence-electron chi connectivity index (χ4n) is 1.58. The van der Waals surface area contributed by atoms with Crippen LogP contribution in [-0.4, -0.2) is 9.97 Å². The molecule has 1 aromatic heterocycles. The maximum absolute atomic E-state index is 4.24. The predicted molar refractivity (Wildman–Crippen MR) is 51.1 cm³/mol. The van der Waals surface area contributed by atoms with Crippen molar-refractivity contribution in [1.29, 1.82) is 0 Å². The van der Waals surface area contributed by atoms with E-state index in [-0.39, 0.29) is 0 Å². The number of aryl methyl sites for hydroxylation is 1. The maximum atomic E-state index is 4.24. The van der Waals surface area contributed by atoms with Crippen molar-refractivity contribution in [2.24, 2.45) is 5.92 Å². The summed E-state index contributed by atoms with van der Waals surface area (Å²) in [6.45, 7) is 6.30. The molecular weight excluding hydrogens is 148 g/mol. The van der Waals surface area contributed by atoms with E-state index < -0.39 is 0 Å². The van der Waals surface area contributed by atoms with Crippen LogP contribution in [0.3, 0.4) is 0 Å². The van der Waals surface area contributed by atoms with Gasteiger partial charge >= 0.3 is 0 Å². The molecular formula is C10H18N2. The standard InChI is InChI=1S/C8H12N2.C2H6/c1-6-2-3-7-8(4-6)10-5-9-7;1-2/h5-6H,2-4H2,1H3,(H,9,10);1-2H3. The van der Waals surface area contributed by atoms with Gasteiger partial charge < -0.3 is 4.98 Å². The maximum Gasteiger partial charge on any atom is 0.0925 e. The van der Waals surface area contributed by atoms with Gasteiger partial charge in [-0.3, -0.25) is 0 Å². The van der Waals surface area contributed by atoms with Crippen LogP contribution in [0.2, 0.25) is 0 Å². The van der Waals surface area contributed by atoms with Crippen LogP contribution < -0.4 is 0 Å². The third-order valence-electron chi connectivity index (χ3n) is 2.23. The third kappa shape index (κ3) is 1.87. The van der Waals surface area contributed by atoms with Gasteiger partial charge in [0.15, 0.2) is 0 Å². The van der Waals surface area contributed by atoms with Crippen molar-refractivity contribution in [3.8, 4) is 0 Å². The van der Waals surface area contributed by atoms with E-state index in [9.17, 15) is 0 Å². The first-order valence-electron chi connectivity index (χ1n) is 4.87. The van der Waals surface area contributed by atoms with Crippen molar-refractivity contribution in [2.45, 2.75) is 40.0 Å². The molecule has 0 amide bonds. The Labute approximate surface area is 74.4 Å². The second-order valence-electron chi connectivity index (χ2n) is 3.18. The number of hydrogen-bond acceptors (Lipinski definition) is 1. The highest BCUT2D eigenvalue weighted by Crippen LogP contribution is 2.21. The molecule has 0 bridgehead atoms. The molecule has 68 valence electrons. The summed E-state index contributed by atoms with van der Waals surface area (Å²) >= 11 is 0. The van der Waals surface area contributed by atoms with Crippen molar-refractivity contribution in [2.75, 3.05) is 0 Å². The molecule has 1 unspecified atom stereocenters. The Bertz CT molecular complexity index is 227. The van der Waals surface area contributed by atoms with E-state index in [1.807, 2.05) is 20.2 Å². The second kappa shape index (κ2) is 4.29. The Balaban J connectivity index is 0.000000336. The molecule has 1 aliphatic carbocycles. The SMILES string of the molecule is CC.CC1CCc2nc[nH]c2C1. The predicted octanol–water partition coefficient (Wildman–Crippen LogP) is 2.56. The first-order valence-corrected chi connectivity index (χ1v) is 4.87. The van der Waals surface area contributed by atoms with Crippen LogP contribution in [0.5, 0.6) is 0 Å². The first kappa shape index (κ1) is 9.30. The van der Waals surface area contributed by atoms with E-state index >= 15 is 0 Å². The number of rotatable bonds is 0. The quantitative estimate of drug-likeness (QED) is 0.630. The van der Waals surface area contributed by atoms with Gasteiger partial charge in [0.2, 0.25) is 0 Å². The Morgan fingerprint density at radius 1 is 1.50 bits per heavy atom.